The van der Waals surface area contributed by atoms with Crippen LogP contribution in [0.2, 0.25) is 0 Å². The van der Waals surface area contributed by atoms with E-state index in [1.54, 1.807) is 7.05 Å². The van der Waals surface area contributed by atoms with E-state index in [4.69, 9.17) is 0 Å². The molecule has 0 saturated heterocycles. The Balaban J connectivity index is 1.77. The average Bonchev–Trinajstić information content (AvgIpc) is 2.66. The van der Waals surface area contributed by atoms with Crippen molar-refractivity contribution in [1.82, 2.24) is 10.6 Å². The first-order valence-electron chi connectivity index (χ1n) is 9.43. The monoisotopic (exact) mass is 360 g/mol. The molecular formula is C20H32N4O2. The first-order valence-corrected chi connectivity index (χ1v) is 9.43. The van der Waals surface area contributed by atoms with Crippen LogP contribution in [0.4, 0.5) is 10.5 Å². The molecule has 1 aromatic carbocycles. The van der Waals surface area contributed by atoms with Crippen molar-refractivity contribution in [2.45, 2.75) is 52.1 Å². The van der Waals surface area contributed by atoms with Crippen molar-refractivity contribution < 1.29 is 9.53 Å². The summed E-state index contributed by atoms with van der Waals surface area (Å²) in [6.07, 6.45) is 4.53. The summed E-state index contributed by atoms with van der Waals surface area (Å²) in [7, 11) is 3.15. The first kappa shape index (κ1) is 20.1. The van der Waals surface area contributed by atoms with Crippen LogP contribution in [0.1, 0.15) is 45.1 Å². The Morgan fingerprint density at radius 3 is 2.38 bits per heavy atom. The fraction of sp³-hybridized carbons (Fsp3) is 0.600. The van der Waals surface area contributed by atoms with Gasteiger partial charge in [0.2, 0.25) is 0 Å². The molecule has 0 heterocycles. The van der Waals surface area contributed by atoms with Gasteiger partial charge in [-0.2, -0.15) is 0 Å². The molecule has 1 aromatic rings. The molecule has 1 aliphatic rings. The Kier molecular flexibility index (Phi) is 7.75. The Morgan fingerprint density at radius 2 is 1.85 bits per heavy atom. The molecule has 1 saturated carbocycles. The van der Waals surface area contributed by atoms with Crippen LogP contribution in [0.15, 0.2) is 29.3 Å². The quantitative estimate of drug-likeness (QED) is 0.552. The smallest absolute Gasteiger partial charge is 0.411 e. The highest BCUT2D eigenvalue weighted by Gasteiger charge is 2.23. The number of aliphatic imine (C=N–C) groups is 1. The largest absolute Gasteiger partial charge is 0.453 e. The van der Waals surface area contributed by atoms with E-state index in [2.05, 4.69) is 39.5 Å². The topological polar surface area (TPSA) is 74.8 Å². The lowest BCUT2D eigenvalue weighted by molar-refractivity contribution is 0.187. The molecule has 26 heavy (non-hydrogen) atoms. The first-order chi connectivity index (χ1) is 12.5. The van der Waals surface area contributed by atoms with Crippen LogP contribution >= 0.6 is 0 Å². The van der Waals surface area contributed by atoms with Gasteiger partial charge in [0.05, 0.1) is 7.11 Å². The second-order valence-electron chi connectivity index (χ2n) is 7.24. The standard InChI is InChI=1S/C20H32N4O2/c1-14(2)16-7-11-17(12-8-16)23-19(21-3)22-13-15-5-9-18(10-6-15)24-20(25)26-4/h5-6,9-10,14,16-17H,7-8,11-13H2,1-4H3,(H,24,25)(H2,21,22,23). The molecule has 3 N–H and O–H groups in total. The van der Waals surface area contributed by atoms with Crippen LogP contribution in [0.3, 0.4) is 0 Å². The van der Waals surface area contributed by atoms with Gasteiger partial charge in [-0.15, -0.1) is 0 Å². The number of amides is 1. The molecule has 1 aliphatic carbocycles. The van der Waals surface area contributed by atoms with Crippen molar-refractivity contribution >= 4 is 17.7 Å². The Morgan fingerprint density at radius 1 is 1.19 bits per heavy atom. The minimum Gasteiger partial charge on any atom is -0.453 e. The lowest BCUT2D eigenvalue weighted by Crippen LogP contribution is -2.44. The van der Waals surface area contributed by atoms with Gasteiger partial charge in [0, 0.05) is 25.3 Å². The number of benzene rings is 1. The molecule has 0 unspecified atom stereocenters. The van der Waals surface area contributed by atoms with E-state index in [1.807, 2.05) is 24.3 Å². The zero-order chi connectivity index (χ0) is 18.9. The fourth-order valence-corrected chi connectivity index (χ4v) is 3.38. The number of rotatable bonds is 5. The molecule has 0 atom stereocenters. The fourth-order valence-electron chi connectivity index (χ4n) is 3.38. The summed E-state index contributed by atoms with van der Waals surface area (Å²) >= 11 is 0. The molecule has 0 bridgehead atoms. The van der Waals surface area contributed by atoms with E-state index in [0.29, 0.717) is 18.3 Å². The predicted octanol–water partition coefficient (Wildman–Crippen LogP) is 3.74. The van der Waals surface area contributed by atoms with Gasteiger partial charge in [0.15, 0.2) is 5.96 Å². The van der Waals surface area contributed by atoms with Crippen molar-refractivity contribution in [3.8, 4) is 0 Å². The van der Waals surface area contributed by atoms with Crippen molar-refractivity contribution in [3.63, 3.8) is 0 Å². The molecule has 0 aliphatic heterocycles. The number of hydrogen-bond acceptors (Lipinski definition) is 3. The molecule has 6 heteroatoms. The molecule has 0 aromatic heterocycles. The van der Waals surface area contributed by atoms with Crippen molar-refractivity contribution in [2.75, 3.05) is 19.5 Å². The molecule has 144 valence electrons. The number of methoxy groups -OCH3 is 1. The average molecular weight is 361 g/mol. The molecule has 6 nitrogen and oxygen atoms in total. The highest BCUT2D eigenvalue weighted by molar-refractivity contribution is 5.84. The van der Waals surface area contributed by atoms with Crippen LogP contribution in [0.5, 0.6) is 0 Å². The highest BCUT2D eigenvalue weighted by atomic mass is 16.5. The van der Waals surface area contributed by atoms with Crippen LogP contribution in [0, 0.1) is 11.8 Å². The van der Waals surface area contributed by atoms with Gasteiger partial charge in [0.25, 0.3) is 0 Å². The number of hydrogen-bond donors (Lipinski definition) is 3. The van der Waals surface area contributed by atoms with Crippen molar-refractivity contribution in [1.29, 1.82) is 0 Å². The molecule has 2 rings (SSSR count). The molecule has 0 spiro atoms. The number of guanidine groups is 1. The minimum atomic E-state index is -0.465. The van der Waals surface area contributed by atoms with E-state index in [0.717, 1.165) is 23.4 Å². The third kappa shape index (κ3) is 6.24. The van der Waals surface area contributed by atoms with Gasteiger partial charge < -0.3 is 15.4 Å². The number of anilines is 1. The Hall–Kier alpha value is -2.24. The summed E-state index contributed by atoms with van der Waals surface area (Å²) in [5.74, 6) is 2.49. The van der Waals surface area contributed by atoms with Gasteiger partial charge >= 0.3 is 6.09 Å². The maximum atomic E-state index is 11.2. The van der Waals surface area contributed by atoms with E-state index >= 15 is 0 Å². The maximum absolute atomic E-state index is 11.2. The zero-order valence-electron chi connectivity index (χ0n) is 16.3. The van der Waals surface area contributed by atoms with Gasteiger partial charge in [-0.3, -0.25) is 10.3 Å². The third-order valence-corrected chi connectivity index (χ3v) is 5.12. The zero-order valence-corrected chi connectivity index (χ0v) is 16.3. The SMILES string of the molecule is CN=C(NCc1ccc(NC(=O)OC)cc1)NC1CCC(C(C)C)CC1. The van der Waals surface area contributed by atoms with Crippen LogP contribution in [-0.4, -0.2) is 32.3 Å². The van der Waals surface area contributed by atoms with E-state index in [9.17, 15) is 4.79 Å². The lowest BCUT2D eigenvalue weighted by Gasteiger charge is -2.32. The number of carbonyl (C=O) groups is 1. The van der Waals surface area contributed by atoms with Gasteiger partial charge in [0.1, 0.15) is 0 Å². The van der Waals surface area contributed by atoms with Crippen molar-refractivity contribution in [3.05, 3.63) is 29.8 Å². The van der Waals surface area contributed by atoms with E-state index in [-0.39, 0.29) is 0 Å². The number of ether oxygens (including phenoxy) is 1. The van der Waals surface area contributed by atoms with Crippen LogP contribution in [-0.2, 0) is 11.3 Å². The maximum Gasteiger partial charge on any atom is 0.411 e. The van der Waals surface area contributed by atoms with Gasteiger partial charge in [-0.1, -0.05) is 26.0 Å². The van der Waals surface area contributed by atoms with Crippen LogP contribution < -0.4 is 16.0 Å². The molecular weight excluding hydrogens is 328 g/mol. The number of nitrogens with one attached hydrogen (secondary N) is 3. The highest BCUT2D eigenvalue weighted by Crippen LogP contribution is 2.29. The number of nitrogens with zero attached hydrogens (tertiary/aromatic N) is 1. The summed E-state index contributed by atoms with van der Waals surface area (Å²) in [4.78, 5) is 15.5. The molecule has 1 fully saturated rings. The summed E-state index contributed by atoms with van der Waals surface area (Å²) in [6, 6.07) is 8.16. The summed E-state index contributed by atoms with van der Waals surface area (Å²) < 4.78 is 4.58. The van der Waals surface area contributed by atoms with E-state index < -0.39 is 6.09 Å². The summed E-state index contributed by atoms with van der Waals surface area (Å²) in [5, 5.41) is 9.55. The lowest BCUT2D eigenvalue weighted by atomic mass is 9.80. The number of carbonyl (C=O) groups excluding carboxylic acids is 1. The van der Waals surface area contributed by atoms with Crippen LogP contribution in [0.25, 0.3) is 0 Å². The normalized spacial score (nSPS) is 20.6. The predicted molar refractivity (Wildman–Crippen MR) is 106 cm³/mol. The van der Waals surface area contributed by atoms with Crippen molar-refractivity contribution in [2.24, 2.45) is 16.8 Å². The molecule has 1 amide bonds. The Labute approximate surface area is 156 Å². The summed E-state index contributed by atoms with van der Waals surface area (Å²) in [6.45, 7) is 5.33. The molecule has 0 radical (unpaired) electrons. The third-order valence-electron chi connectivity index (χ3n) is 5.12. The second-order valence-corrected chi connectivity index (χ2v) is 7.24. The van der Waals surface area contributed by atoms with Gasteiger partial charge in [-0.25, -0.2) is 4.79 Å². The van der Waals surface area contributed by atoms with Gasteiger partial charge in [-0.05, 0) is 55.2 Å². The Bertz CT molecular complexity index is 590. The summed E-state index contributed by atoms with van der Waals surface area (Å²) in [5.41, 5.74) is 1.83. The minimum absolute atomic E-state index is 0.465. The second kappa shape index (κ2) is 10.0. The van der Waals surface area contributed by atoms with E-state index in [1.165, 1.54) is 32.8 Å².